The zero-order chi connectivity index (χ0) is 13.4. The second-order valence-electron chi connectivity index (χ2n) is 5.12. The van der Waals surface area contributed by atoms with Crippen LogP contribution in [0.4, 0.5) is 0 Å². The molecule has 0 aromatic heterocycles. The molecule has 0 bridgehead atoms. The molecule has 0 atom stereocenters. The quantitative estimate of drug-likeness (QED) is 0.734. The van der Waals surface area contributed by atoms with E-state index >= 15 is 0 Å². The van der Waals surface area contributed by atoms with E-state index in [1.54, 1.807) is 0 Å². The minimum atomic E-state index is -3.39. The van der Waals surface area contributed by atoms with Crippen LogP contribution in [0.2, 0.25) is 0 Å². The van der Waals surface area contributed by atoms with Gasteiger partial charge in [-0.1, -0.05) is 32.9 Å². The molecule has 1 rings (SSSR count). The second-order valence-corrected chi connectivity index (χ2v) is 7.10. The monoisotopic (exact) mass is 256 g/mol. The van der Waals surface area contributed by atoms with Crippen LogP contribution in [0, 0.1) is 0 Å². The molecule has 1 aromatic carbocycles. The van der Waals surface area contributed by atoms with Gasteiger partial charge in [0.15, 0.2) is 9.84 Å². The Labute approximate surface area is 102 Å². The van der Waals surface area contributed by atoms with Crippen LogP contribution < -0.4 is 5.46 Å². The third-order valence-electron chi connectivity index (χ3n) is 2.49. The molecule has 1 aromatic rings. The third kappa shape index (κ3) is 3.09. The Kier molecular flexibility index (Phi) is 3.71. The van der Waals surface area contributed by atoms with Crippen LogP contribution in [0.1, 0.15) is 26.3 Å². The van der Waals surface area contributed by atoms with Crippen molar-refractivity contribution in [2.45, 2.75) is 31.1 Å². The van der Waals surface area contributed by atoms with Crippen molar-refractivity contribution in [2.24, 2.45) is 0 Å². The summed E-state index contributed by atoms with van der Waals surface area (Å²) in [6.07, 6.45) is 1.12. The number of rotatable bonds is 2. The van der Waals surface area contributed by atoms with E-state index in [4.69, 9.17) is 0 Å². The fourth-order valence-corrected chi connectivity index (χ4v) is 3.00. The van der Waals surface area contributed by atoms with Crippen LogP contribution in [-0.4, -0.2) is 31.8 Å². The molecule has 0 amide bonds. The summed E-state index contributed by atoms with van der Waals surface area (Å²) in [5.41, 5.74) is 0.205. The maximum atomic E-state index is 11.7. The van der Waals surface area contributed by atoms with Crippen molar-refractivity contribution < 1.29 is 18.5 Å². The van der Waals surface area contributed by atoms with E-state index in [-0.39, 0.29) is 10.4 Å². The van der Waals surface area contributed by atoms with Crippen LogP contribution in [0.25, 0.3) is 0 Å². The fourth-order valence-electron chi connectivity index (χ4n) is 1.87. The van der Waals surface area contributed by atoms with Gasteiger partial charge in [0.2, 0.25) is 0 Å². The number of hydrogen-bond donors (Lipinski definition) is 2. The molecule has 0 saturated heterocycles. The molecule has 0 fully saturated rings. The van der Waals surface area contributed by atoms with Gasteiger partial charge in [0.25, 0.3) is 0 Å². The van der Waals surface area contributed by atoms with Crippen LogP contribution in [0.3, 0.4) is 0 Å². The van der Waals surface area contributed by atoms with E-state index in [1.807, 2.05) is 20.8 Å². The summed E-state index contributed by atoms with van der Waals surface area (Å²) in [4.78, 5) is 0.149. The Bertz CT molecular complexity index is 515. The van der Waals surface area contributed by atoms with Crippen LogP contribution in [-0.2, 0) is 15.3 Å². The molecule has 94 valence electrons. The summed E-state index contributed by atoms with van der Waals surface area (Å²) in [6, 6.07) is 4.53. The van der Waals surface area contributed by atoms with E-state index in [0.717, 1.165) is 6.26 Å². The minimum Gasteiger partial charge on any atom is -0.423 e. The lowest BCUT2D eigenvalue weighted by Crippen LogP contribution is -2.38. The fraction of sp³-hybridized carbons (Fsp3) is 0.455. The van der Waals surface area contributed by atoms with Gasteiger partial charge in [-0.3, -0.25) is 0 Å². The van der Waals surface area contributed by atoms with Gasteiger partial charge in [-0.15, -0.1) is 0 Å². The van der Waals surface area contributed by atoms with Crippen LogP contribution in [0.15, 0.2) is 23.1 Å². The van der Waals surface area contributed by atoms with Crippen molar-refractivity contribution >= 4 is 22.4 Å². The summed E-state index contributed by atoms with van der Waals surface area (Å²) < 4.78 is 23.4. The average molecular weight is 256 g/mol. The number of benzene rings is 1. The van der Waals surface area contributed by atoms with Crippen molar-refractivity contribution in [3.05, 3.63) is 23.8 Å². The molecule has 6 heteroatoms. The van der Waals surface area contributed by atoms with Gasteiger partial charge in [-0.05, 0) is 22.5 Å². The van der Waals surface area contributed by atoms with Gasteiger partial charge in [0.05, 0.1) is 4.90 Å². The molecule has 4 nitrogen and oxygen atoms in total. The SMILES string of the molecule is CC(C)(C)c1c(B(O)O)cccc1S(C)(=O)=O. The van der Waals surface area contributed by atoms with Gasteiger partial charge < -0.3 is 10.0 Å². The highest BCUT2D eigenvalue weighted by molar-refractivity contribution is 7.90. The first-order valence-corrected chi connectivity index (χ1v) is 7.14. The molecule has 0 aliphatic heterocycles. The van der Waals surface area contributed by atoms with Gasteiger partial charge in [-0.25, -0.2) is 8.42 Å². The molecule has 0 aliphatic carbocycles. The highest BCUT2D eigenvalue weighted by Gasteiger charge is 2.29. The highest BCUT2D eigenvalue weighted by Crippen LogP contribution is 2.27. The number of hydrogen-bond acceptors (Lipinski definition) is 4. The normalized spacial score (nSPS) is 12.6. The smallest absolute Gasteiger partial charge is 0.423 e. The van der Waals surface area contributed by atoms with Crippen molar-refractivity contribution in [2.75, 3.05) is 6.26 Å². The van der Waals surface area contributed by atoms with Crippen molar-refractivity contribution in [3.63, 3.8) is 0 Å². The molecule has 17 heavy (non-hydrogen) atoms. The van der Waals surface area contributed by atoms with Gasteiger partial charge in [0, 0.05) is 6.26 Å². The predicted molar refractivity (Wildman–Crippen MR) is 68.1 cm³/mol. The number of sulfone groups is 1. The molecule has 0 aliphatic rings. The Balaban J connectivity index is 3.70. The first-order chi connectivity index (χ1) is 7.55. The van der Waals surface area contributed by atoms with Crippen LogP contribution in [0.5, 0.6) is 0 Å². The Morgan fingerprint density at radius 1 is 1.18 bits per heavy atom. The first-order valence-electron chi connectivity index (χ1n) is 5.24. The maximum absolute atomic E-state index is 11.7. The van der Waals surface area contributed by atoms with Crippen molar-refractivity contribution in [3.8, 4) is 0 Å². The summed E-state index contributed by atoms with van der Waals surface area (Å²) in [7, 11) is -5.07. The van der Waals surface area contributed by atoms with E-state index in [9.17, 15) is 18.5 Å². The highest BCUT2D eigenvalue weighted by atomic mass is 32.2. The molecule has 0 radical (unpaired) electrons. The maximum Gasteiger partial charge on any atom is 0.488 e. The lowest BCUT2D eigenvalue weighted by Gasteiger charge is -2.25. The molecule has 0 heterocycles. The zero-order valence-corrected chi connectivity index (χ0v) is 11.2. The van der Waals surface area contributed by atoms with Gasteiger partial charge >= 0.3 is 7.12 Å². The summed E-state index contributed by atoms with van der Waals surface area (Å²) >= 11 is 0. The standard InChI is InChI=1S/C11H17BO4S/c1-11(2,3)10-8(12(13)14)6-5-7-9(10)17(4,15)16/h5-7,13-14H,1-4H3. The van der Waals surface area contributed by atoms with E-state index in [0.29, 0.717) is 5.56 Å². The van der Waals surface area contributed by atoms with Crippen molar-refractivity contribution in [1.29, 1.82) is 0 Å². The topological polar surface area (TPSA) is 74.6 Å². The summed E-state index contributed by atoms with van der Waals surface area (Å²) in [6.45, 7) is 5.51. The van der Waals surface area contributed by atoms with Crippen molar-refractivity contribution in [1.82, 2.24) is 0 Å². The lowest BCUT2D eigenvalue weighted by atomic mass is 9.70. The molecule has 0 saturated carbocycles. The van der Waals surface area contributed by atoms with Gasteiger partial charge in [-0.2, -0.15) is 0 Å². The minimum absolute atomic E-state index is 0.149. The summed E-state index contributed by atoms with van der Waals surface area (Å²) in [5, 5.41) is 18.6. The van der Waals surface area contributed by atoms with E-state index in [1.165, 1.54) is 18.2 Å². The zero-order valence-electron chi connectivity index (χ0n) is 10.4. The third-order valence-corrected chi connectivity index (χ3v) is 3.63. The average Bonchev–Trinajstić information content (AvgIpc) is 2.13. The molecular formula is C11H17BO4S. The van der Waals surface area contributed by atoms with Gasteiger partial charge in [0.1, 0.15) is 0 Å². The molecular weight excluding hydrogens is 239 g/mol. The first kappa shape index (κ1) is 14.2. The Morgan fingerprint density at radius 2 is 1.71 bits per heavy atom. The van der Waals surface area contributed by atoms with E-state index < -0.39 is 22.4 Å². The van der Waals surface area contributed by atoms with Crippen LogP contribution >= 0.6 is 0 Å². The predicted octanol–water partition coefficient (Wildman–Crippen LogP) is 0.0674. The summed E-state index contributed by atoms with van der Waals surface area (Å²) in [5.74, 6) is 0. The Morgan fingerprint density at radius 3 is 2.06 bits per heavy atom. The Hall–Kier alpha value is -0.845. The molecule has 0 spiro atoms. The van der Waals surface area contributed by atoms with E-state index in [2.05, 4.69) is 0 Å². The molecule has 0 unspecified atom stereocenters. The lowest BCUT2D eigenvalue weighted by molar-refractivity contribution is 0.423. The largest absolute Gasteiger partial charge is 0.488 e. The molecule has 2 N–H and O–H groups in total. The second kappa shape index (κ2) is 4.44.